The van der Waals surface area contributed by atoms with E-state index in [1.54, 1.807) is 7.11 Å². The van der Waals surface area contributed by atoms with Crippen LogP contribution in [-0.4, -0.2) is 41.4 Å². The Hall–Kier alpha value is -1.20. The summed E-state index contributed by atoms with van der Waals surface area (Å²) in [6.07, 6.45) is 0.743. The van der Waals surface area contributed by atoms with Crippen molar-refractivity contribution in [2.24, 2.45) is 0 Å². The molecule has 0 aliphatic rings. The van der Waals surface area contributed by atoms with Crippen molar-refractivity contribution < 1.29 is 9.84 Å². The lowest BCUT2D eigenvalue weighted by Gasteiger charge is -2.17. The van der Waals surface area contributed by atoms with Gasteiger partial charge in [-0.25, -0.2) is 9.97 Å². The highest BCUT2D eigenvalue weighted by Gasteiger charge is 2.10. The maximum Gasteiger partial charge on any atom is 0.133 e. The predicted octanol–water partition coefficient (Wildman–Crippen LogP) is 1.72. The molecule has 0 spiro atoms. The number of anilines is 1. The summed E-state index contributed by atoms with van der Waals surface area (Å²) in [6.45, 7) is 6.74. The van der Waals surface area contributed by atoms with Gasteiger partial charge in [0.05, 0.1) is 12.6 Å². The minimum atomic E-state index is -0.0423. The van der Waals surface area contributed by atoms with Gasteiger partial charge in [0, 0.05) is 31.4 Å². The Morgan fingerprint density at radius 1 is 1.39 bits per heavy atom. The summed E-state index contributed by atoms with van der Waals surface area (Å²) in [6, 6.07) is 1.85. The quantitative estimate of drug-likeness (QED) is 0.774. The van der Waals surface area contributed by atoms with Crippen LogP contribution < -0.4 is 5.32 Å². The molecule has 0 aliphatic carbocycles. The summed E-state index contributed by atoms with van der Waals surface area (Å²) >= 11 is 0. The molecular weight excluding hydrogens is 230 g/mol. The van der Waals surface area contributed by atoms with E-state index in [0.717, 1.165) is 23.8 Å². The Labute approximate surface area is 109 Å². The van der Waals surface area contributed by atoms with Crippen LogP contribution in [-0.2, 0) is 4.74 Å². The number of aryl methyl sites for hydroxylation is 1. The zero-order valence-corrected chi connectivity index (χ0v) is 11.6. The van der Waals surface area contributed by atoms with E-state index < -0.39 is 0 Å². The summed E-state index contributed by atoms with van der Waals surface area (Å²) < 4.78 is 5.01. The predicted molar refractivity (Wildman–Crippen MR) is 71.8 cm³/mol. The number of nitrogens with zero attached hydrogens (tertiary/aromatic N) is 2. The van der Waals surface area contributed by atoms with Crippen molar-refractivity contribution >= 4 is 5.82 Å². The smallest absolute Gasteiger partial charge is 0.133 e. The minimum Gasteiger partial charge on any atom is -0.394 e. The fourth-order valence-electron chi connectivity index (χ4n) is 1.60. The molecule has 5 heteroatoms. The van der Waals surface area contributed by atoms with Crippen LogP contribution in [0.15, 0.2) is 6.07 Å². The first-order valence-corrected chi connectivity index (χ1v) is 6.28. The van der Waals surface area contributed by atoms with Crippen LogP contribution in [0, 0.1) is 6.92 Å². The van der Waals surface area contributed by atoms with E-state index in [0.29, 0.717) is 6.61 Å². The van der Waals surface area contributed by atoms with Crippen LogP contribution in [0.1, 0.15) is 37.7 Å². The van der Waals surface area contributed by atoms with E-state index in [2.05, 4.69) is 29.1 Å². The van der Waals surface area contributed by atoms with Gasteiger partial charge in [-0.15, -0.1) is 0 Å². The van der Waals surface area contributed by atoms with Crippen molar-refractivity contribution in [1.29, 1.82) is 0 Å². The van der Waals surface area contributed by atoms with E-state index in [-0.39, 0.29) is 18.6 Å². The molecule has 1 unspecified atom stereocenters. The van der Waals surface area contributed by atoms with E-state index in [4.69, 9.17) is 4.74 Å². The summed E-state index contributed by atoms with van der Waals surface area (Å²) in [5.41, 5.74) is 0.930. The standard InChI is InChI=1S/C13H23N3O2/c1-9(2)13-14-10(3)7-12(16-13)15-11(8-17)5-6-18-4/h7,9,11,17H,5-6,8H2,1-4H3,(H,14,15,16). The number of aliphatic hydroxyl groups is 1. The number of methoxy groups -OCH3 is 1. The van der Waals surface area contributed by atoms with Gasteiger partial charge in [0.2, 0.25) is 0 Å². The van der Waals surface area contributed by atoms with Gasteiger partial charge in [-0.05, 0) is 13.3 Å². The number of hydrogen-bond acceptors (Lipinski definition) is 5. The molecule has 1 heterocycles. The second kappa shape index (κ2) is 7.28. The second-order valence-electron chi connectivity index (χ2n) is 4.71. The van der Waals surface area contributed by atoms with Gasteiger partial charge in [-0.2, -0.15) is 0 Å². The molecule has 0 amide bonds. The summed E-state index contributed by atoms with van der Waals surface area (Å²) in [5.74, 6) is 1.87. The third-order valence-electron chi connectivity index (χ3n) is 2.63. The maximum atomic E-state index is 9.30. The summed E-state index contributed by atoms with van der Waals surface area (Å²) in [5, 5.41) is 12.5. The minimum absolute atomic E-state index is 0.0423. The molecule has 18 heavy (non-hydrogen) atoms. The number of aromatic nitrogens is 2. The fourth-order valence-corrected chi connectivity index (χ4v) is 1.60. The molecule has 1 aromatic rings. The number of aliphatic hydroxyl groups excluding tert-OH is 1. The molecule has 0 saturated heterocycles. The molecule has 0 radical (unpaired) electrons. The molecule has 1 atom stereocenters. The largest absolute Gasteiger partial charge is 0.394 e. The number of nitrogens with one attached hydrogen (secondary N) is 1. The van der Waals surface area contributed by atoms with E-state index in [9.17, 15) is 5.11 Å². The van der Waals surface area contributed by atoms with Crippen molar-refractivity contribution in [3.8, 4) is 0 Å². The highest BCUT2D eigenvalue weighted by molar-refractivity contribution is 5.37. The Morgan fingerprint density at radius 2 is 2.11 bits per heavy atom. The first-order chi connectivity index (χ1) is 8.56. The SMILES string of the molecule is COCCC(CO)Nc1cc(C)nc(C(C)C)n1. The third kappa shape index (κ3) is 4.58. The van der Waals surface area contributed by atoms with Crippen LogP contribution in [0.3, 0.4) is 0 Å². The molecule has 0 fully saturated rings. The Morgan fingerprint density at radius 3 is 2.67 bits per heavy atom. The highest BCUT2D eigenvalue weighted by Crippen LogP contribution is 2.14. The number of rotatable bonds is 7. The van der Waals surface area contributed by atoms with Gasteiger partial charge >= 0.3 is 0 Å². The Balaban J connectivity index is 2.75. The van der Waals surface area contributed by atoms with Gasteiger partial charge in [-0.3, -0.25) is 0 Å². The van der Waals surface area contributed by atoms with E-state index in [1.165, 1.54) is 0 Å². The molecule has 0 aliphatic heterocycles. The topological polar surface area (TPSA) is 67.3 Å². The van der Waals surface area contributed by atoms with Crippen molar-refractivity contribution in [3.63, 3.8) is 0 Å². The third-order valence-corrected chi connectivity index (χ3v) is 2.63. The average molecular weight is 253 g/mol. The van der Waals surface area contributed by atoms with Gasteiger partial charge in [0.1, 0.15) is 11.6 Å². The first-order valence-electron chi connectivity index (χ1n) is 6.28. The lowest BCUT2D eigenvalue weighted by molar-refractivity contribution is 0.174. The van der Waals surface area contributed by atoms with E-state index >= 15 is 0 Å². The monoisotopic (exact) mass is 253 g/mol. The lowest BCUT2D eigenvalue weighted by atomic mass is 10.2. The average Bonchev–Trinajstić information content (AvgIpc) is 2.33. The highest BCUT2D eigenvalue weighted by atomic mass is 16.5. The fraction of sp³-hybridized carbons (Fsp3) is 0.692. The van der Waals surface area contributed by atoms with Crippen molar-refractivity contribution in [1.82, 2.24) is 9.97 Å². The number of hydrogen-bond donors (Lipinski definition) is 2. The van der Waals surface area contributed by atoms with Crippen LogP contribution >= 0.6 is 0 Å². The van der Waals surface area contributed by atoms with Crippen LogP contribution in [0.5, 0.6) is 0 Å². The number of ether oxygens (including phenoxy) is 1. The van der Waals surface area contributed by atoms with Crippen molar-refractivity contribution in [3.05, 3.63) is 17.6 Å². The first kappa shape index (κ1) is 14.9. The lowest BCUT2D eigenvalue weighted by Crippen LogP contribution is -2.26. The van der Waals surface area contributed by atoms with Crippen LogP contribution in [0.4, 0.5) is 5.82 Å². The maximum absolute atomic E-state index is 9.30. The molecule has 102 valence electrons. The molecule has 5 nitrogen and oxygen atoms in total. The molecule has 1 rings (SSSR count). The van der Waals surface area contributed by atoms with Gasteiger partial charge in [0.25, 0.3) is 0 Å². The molecule has 0 aromatic carbocycles. The van der Waals surface area contributed by atoms with Gasteiger partial charge in [0.15, 0.2) is 0 Å². The molecule has 0 bridgehead atoms. The van der Waals surface area contributed by atoms with Gasteiger partial charge < -0.3 is 15.2 Å². The normalized spacial score (nSPS) is 12.8. The molecule has 0 saturated carbocycles. The molecule has 1 aromatic heterocycles. The Kier molecular flexibility index (Phi) is 6.01. The van der Waals surface area contributed by atoms with Crippen molar-refractivity contribution in [2.75, 3.05) is 25.6 Å². The van der Waals surface area contributed by atoms with Crippen LogP contribution in [0.25, 0.3) is 0 Å². The summed E-state index contributed by atoms with van der Waals surface area (Å²) in [4.78, 5) is 8.85. The van der Waals surface area contributed by atoms with Crippen LogP contribution in [0.2, 0.25) is 0 Å². The zero-order valence-electron chi connectivity index (χ0n) is 11.6. The molecular formula is C13H23N3O2. The van der Waals surface area contributed by atoms with Crippen molar-refractivity contribution in [2.45, 2.75) is 39.2 Å². The summed E-state index contributed by atoms with van der Waals surface area (Å²) in [7, 11) is 1.65. The Bertz CT molecular complexity index is 369. The van der Waals surface area contributed by atoms with Gasteiger partial charge in [-0.1, -0.05) is 13.8 Å². The zero-order chi connectivity index (χ0) is 13.5. The second-order valence-corrected chi connectivity index (χ2v) is 4.71. The molecule has 2 N–H and O–H groups in total. The van der Waals surface area contributed by atoms with E-state index in [1.807, 2.05) is 13.0 Å².